The minimum Gasteiger partial charge on any atom is -0.322 e. The van der Waals surface area contributed by atoms with Crippen molar-refractivity contribution in [2.75, 3.05) is 10.0 Å². The van der Waals surface area contributed by atoms with E-state index in [4.69, 9.17) is 0 Å². The van der Waals surface area contributed by atoms with E-state index < -0.39 is 21.7 Å². The van der Waals surface area contributed by atoms with E-state index in [1.54, 1.807) is 12.3 Å². The summed E-state index contributed by atoms with van der Waals surface area (Å²) in [5.41, 5.74) is 2.24. The number of anilines is 2. The zero-order chi connectivity index (χ0) is 21.3. The van der Waals surface area contributed by atoms with Crippen LogP contribution >= 0.6 is 0 Å². The predicted molar refractivity (Wildman–Crippen MR) is 112 cm³/mol. The van der Waals surface area contributed by atoms with Gasteiger partial charge in [0.15, 0.2) is 0 Å². The molecule has 0 aliphatic heterocycles. The van der Waals surface area contributed by atoms with Crippen LogP contribution in [0.5, 0.6) is 0 Å². The molecule has 3 N–H and O–H groups in total. The number of carbonyl (C=O) groups is 1. The van der Waals surface area contributed by atoms with Crippen LogP contribution in [0, 0.1) is 12.7 Å². The smallest absolute Gasteiger partial charge is 0.262 e. The van der Waals surface area contributed by atoms with Crippen LogP contribution in [0.3, 0.4) is 0 Å². The fraction of sp³-hybridized carbons (Fsp3) is 0.0476. The summed E-state index contributed by atoms with van der Waals surface area (Å²) in [6.07, 6.45) is 1.64. The van der Waals surface area contributed by atoms with Crippen molar-refractivity contribution >= 4 is 38.2 Å². The largest absolute Gasteiger partial charge is 0.322 e. The number of hydrogen-bond acceptors (Lipinski definition) is 4. The summed E-state index contributed by atoms with van der Waals surface area (Å²) in [6, 6.07) is 14.6. The number of fused-ring (bicyclic) bond motifs is 1. The van der Waals surface area contributed by atoms with Crippen LogP contribution in [0.4, 0.5) is 15.8 Å². The molecule has 4 aromatic rings. The molecule has 0 bridgehead atoms. The number of aromatic nitrogens is 2. The second-order valence-corrected chi connectivity index (χ2v) is 8.37. The van der Waals surface area contributed by atoms with E-state index >= 15 is 0 Å². The average molecular weight is 424 g/mol. The van der Waals surface area contributed by atoms with E-state index in [0.29, 0.717) is 5.69 Å². The Kier molecular flexibility index (Phi) is 4.96. The number of sulfonamides is 1. The van der Waals surface area contributed by atoms with Crippen molar-refractivity contribution in [2.45, 2.75) is 11.8 Å². The maximum absolute atomic E-state index is 13.8. The first kappa shape index (κ1) is 19.6. The van der Waals surface area contributed by atoms with Crippen LogP contribution < -0.4 is 10.0 Å². The van der Waals surface area contributed by atoms with Crippen LogP contribution in [0.2, 0.25) is 0 Å². The zero-order valence-corrected chi connectivity index (χ0v) is 16.6. The van der Waals surface area contributed by atoms with Crippen molar-refractivity contribution in [2.24, 2.45) is 0 Å². The van der Waals surface area contributed by atoms with Gasteiger partial charge in [0, 0.05) is 16.6 Å². The predicted octanol–water partition coefficient (Wildman–Crippen LogP) is 4.06. The molecule has 1 heterocycles. The molecular weight excluding hydrogens is 407 g/mol. The Labute approximate surface area is 172 Å². The van der Waals surface area contributed by atoms with E-state index in [2.05, 4.69) is 20.2 Å². The van der Waals surface area contributed by atoms with Crippen LogP contribution in [0.15, 0.2) is 71.8 Å². The van der Waals surface area contributed by atoms with Gasteiger partial charge >= 0.3 is 0 Å². The van der Waals surface area contributed by atoms with Gasteiger partial charge in [-0.1, -0.05) is 18.2 Å². The molecule has 1 amide bonds. The molecule has 0 aliphatic carbocycles. The third-order valence-corrected chi connectivity index (χ3v) is 5.92. The summed E-state index contributed by atoms with van der Waals surface area (Å²) in [4.78, 5) is 12.6. The highest BCUT2D eigenvalue weighted by Crippen LogP contribution is 2.24. The minimum absolute atomic E-state index is 0.151. The number of carbonyl (C=O) groups excluding carboxylic acids is 1. The molecule has 0 saturated heterocycles. The van der Waals surface area contributed by atoms with Gasteiger partial charge in [-0.2, -0.15) is 5.10 Å². The molecule has 0 spiro atoms. The van der Waals surface area contributed by atoms with Crippen LogP contribution in [0.1, 0.15) is 15.9 Å². The Balaban J connectivity index is 1.60. The van der Waals surface area contributed by atoms with E-state index in [0.717, 1.165) is 22.5 Å². The van der Waals surface area contributed by atoms with Crippen molar-refractivity contribution in [3.63, 3.8) is 0 Å². The van der Waals surface area contributed by atoms with Gasteiger partial charge in [-0.25, -0.2) is 12.8 Å². The molecule has 0 unspecified atom stereocenters. The molecule has 0 fully saturated rings. The van der Waals surface area contributed by atoms with Gasteiger partial charge in [0.2, 0.25) is 0 Å². The number of para-hydroxylation sites is 1. The Hall–Kier alpha value is -3.72. The number of nitrogens with zero attached hydrogens (tertiary/aromatic N) is 1. The SMILES string of the molecule is Cc1cc2[nH]ncc2cc1NC(=O)c1cccc(S(=O)(=O)Nc2ccccc2F)c1. The van der Waals surface area contributed by atoms with Gasteiger partial charge < -0.3 is 5.32 Å². The third-order valence-electron chi connectivity index (χ3n) is 4.56. The molecular formula is C21H17FN4O3S. The number of amides is 1. The Morgan fingerprint density at radius 3 is 2.63 bits per heavy atom. The van der Waals surface area contributed by atoms with Crippen molar-refractivity contribution in [3.05, 3.63) is 83.8 Å². The van der Waals surface area contributed by atoms with Crippen molar-refractivity contribution < 1.29 is 17.6 Å². The van der Waals surface area contributed by atoms with Crippen molar-refractivity contribution in [1.29, 1.82) is 0 Å². The van der Waals surface area contributed by atoms with Crippen molar-refractivity contribution in [3.8, 4) is 0 Å². The first-order valence-corrected chi connectivity index (χ1v) is 10.4. The number of H-pyrrole nitrogens is 1. The summed E-state index contributed by atoms with van der Waals surface area (Å²) in [7, 11) is -4.08. The molecule has 0 radical (unpaired) electrons. The second kappa shape index (κ2) is 7.60. The summed E-state index contributed by atoms with van der Waals surface area (Å²) < 4.78 is 41.3. The number of nitrogens with one attached hydrogen (secondary N) is 3. The van der Waals surface area contributed by atoms with Gasteiger partial charge in [-0.15, -0.1) is 0 Å². The lowest BCUT2D eigenvalue weighted by molar-refractivity contribution is 0.102. The lowest BCUT2D eigenvalue weighted by Crippen LogP contribution is -2.16. The molecule has 9 heteroatoms. The molecule has 0 atom stereocenters. The number of aromatic amines is 1. The standard InChI is InChI=1S/C21H17FN4O3S/c1-13-9-20-15(12-23-25-20)11-19(13)24-21(27)14-5-4-6-16(10-14)30(28,29)26-18-8-3-2-7-17(18)22/h2-12,26H,1H3,(H,23,25)(H,24,27). The minimum atomic E-state index is -4.08. The lowest BCUT2D eigenvalue weighted by atomic mass is 10.1. The molecule has 152 valence electrons. The molecule has 0 aliphatic rings. The monoisotopic (exact) mass is 424 g/mol. The number of benzene rings is 3. The first-order valence-electron chi connectivity index (χ1n) is 8.96. The van der Waals surface area contributed by atoms with Gasteiger partial charge in [-0.05, 0) is 55.0 Å². The Morgan fingerprint density at radius 2 is 1.83 bits per heavy atom. The highest BCUT2D eigenvalue weighted by Gasteiger charge is 2.18. The highest BCUT2D eigenvalue weighted by molar-refractivity contribution is 7.92. The van der Waals surface area contributed by atoms with Gasteiger partial charge in [-0.3, -0.25) is 14.6 Å². The van der Waals surface area contributed by atoms with Gasteiger partial charge in [0.1, 0.15) is 5.82 Å². The summed E-state index contributed by atoms with van der Waals surface area (Å²) in [5.74, 6) is -1.16. The van der Waals surface area contributed by atoms with E-state index in [1.165, 1.54) is 42.5 Å². The maximum atomic E-state index is 13.8. The summed E-state index contributed by atoms with van der Waals surface area (Å²) in [6.45, 7) is 1.84. The summed E-state index contributed by atoms with van der Waals surface area (Å²) in [5, 5.41) is 10.4. The highest BCUT2D eigenvalue weighted by atomic mass is 32.2. The van der Waals surface area contributed by atoms with Crippen LogP contribution in [0.25, 0.3) is 10.9 Å². The molecule has 1 aromatic heterocycles. The van der Waals surface area contributed by atoms with Gasteiger partial charge in [0.05, 0.1) is 22.3 Å². The molecule has 7 nitrogen and oxygen atoms in total. The quantitative estimate of drug-likeness (QED) is 0.449. The van der Waals surface area contributed by atoms with Crippen LogP contribution in [-0.2, 0) is 10.0 Å². The summed E-state index contributed by atoms with van der Waals surface area (Å²) >= 11 is 0. The topological polar surface area (TPSA) is 104 Å². The molecule has 4 rings (SSSR count). The molecule has 0 saturated carbocycles. The normalized spacial score (nSPS) is 11.4. The van der Waals surface area contributed by atoms with E-state index in [9.17, 15) is 17.6 Å². The Morgan fingerprint density at radius 1 is 1.03 bits per heavy atom. The Bertz CT molecular complexity index is 1370. The van der Waals surface area contributed by atoms with Gasteiger partial charge in [0.25, 0.3) is 15.9 Å². The number of hydrogen-bond donors (Lipinski definition) is 3. The number of halogens is 1. The molecule has 30 heavy (non-hydrogen) atoms. The number of rotatable bonds is 5. The fourth-order valence-electron chi connectivity index (χ4n) is 2.98. The lowest BCUT2D eigenvalue weighted by Gasteiger charge is -2.11. The van der Waals surface area contributed by atoms with Crippen LogP contribution in [-0.4, -0.2) is 24.5 Å². The molecule has 3 aromatic carbocycles. The maximum Gasteiger partial charge on any atom is 0.262 e. The van der Waals surface area contributed by atoms with E-state index in [-0.39, 0.29) is 16.1 Å². The average Bonchev–Trinajstić information content (AvgIpc) is 3.17. The van der Waals surface area contributed by atoms with Crippen molar-refractivity contribution in [1.82, 2.24) is 10.2 Å². The second-order valence-electron chi connectivity index (χ2n) is 6.69. The third kappa shape index (κ3) is 3.87. The zero-order valence-electron chi connectivity index (χ0n) is 15.8. The fourth-order valence-corrected chi connectivity index (χ4v) is 4.09. The number of aryl methyl sites for hydroxylation is 1. The van der Waals surface area contributed by atoms with E-state index in [1.807, 2.05) is 13.0 Å². The first-order chi connectivity index (χ1) is 14.3.